The number of amides is 2. The highest BCUT2D eigenvalue weighted by atomic mass is 32.1. The van der Waals surface area contributed by atoms with Crippen LogP contribution in [0.2, 0.25) is 0 Å². The van der Waals surface area contributed by atoms with Crippen LogP contribution in [0, 0.1) is 5.92 Å². The lowest BCUT2D eigenvalue weighted by Crippen LogP contribution is -2.51. The van der Waals surface area contributed by atoms with Crippen molar-refractivity contribution in [3.63, 3.8) is 0 Å². The summed E-state index contributed by atoms with van der Waals surface area (Å²) in [4.78, 5) is 47.7. The molecule has 0 spiro atoms. The highest BCUT2D eigenvalue weighted by Crippen LogP contribution is 2.33. The number of rotatable bonds is 10. The summed E-state index contributed by atoms with van der Waals surface area (Å²) in [5.41, 5.74) is 2.62. The lowest BCUT2D eigenvalue weighted by molar-refractivity contribution is -0.160. The SMILES string of the molecule is C[C@@H](NC(=O)[C@H](Cc1ccc(-c2ncc(/C=C/C3=CCC(C(F)(F)F)C=C3)cn2)cc1)NC(=O)c1ccc(C(C)(C)C)s1)C(=O)O. The summed E-state index contributed by atoms with van der Waals surface area (Å²) in [5.74, 6) is -3.26. The number of hydrogen-bond acceptors (Lipinski definition) is 6. The van der Waals surface area contributed by atoms with Gasteiger partial charge in [0.25, 0.3) is 5.91 Å². The molecule has 3 N–H and O–H groups in total. The van der Waals surface area contributed by atoms with Gasteiger partial charge in [0.2, 0.25) is 5.91 Å². The monoisotopic (exact) mass is 652 g/mol. The number of carboxylic acid groups (broad SMARTS) is 1. The second-order valence-electron chi connectivity index (χ2n) is 12.0. The van der Waals surface area contributed by atoms with Gasteiger partial charge in [-0.1, -0.05) is 75.4 Å². The minimum Gasteiger partial charge on any atom is -0.480 e. The van der Waals surface area contributed by atoms with Crippen LogP contribution in [0.25, 0.3) is 17.5 Å². The van der Waals surface area contributed by atoms with E-state index in [4.69, 9.17) is 0 Å². The second-order valence-corrected chi connectivity index (χ2v) is 13.1. The first-order chi connectivity index (χ1) is 21.6. The average molecular weight is 653 g/mol. The van der Waals surface area contributed by atoms with Crippen LogP contribution < -0.4 is 10.6 Å². The molecule has 242 valence electrons. The Morgan fingerprint density at radius 1 is 1.02 bits per heavy atom. The predicted octanol–water partition coefficient (Wildman–Crippen LogP) is 6.51. The van der Waals surface area contributed by atoms with Crippen molar-refractivity contribution in [3.8, 4) is 11.4 Å². The molecule has 0 radical (unpaired) electrons. The minimum atomic E-state index is -4.25. The maximum Gasteiger partial charge on any atom is 0.395 e. The van der Waals surface area contributed by atoms with E-state index >= 15 is 0 Å². The number of carboxylic acids is 1. The van der Waals surface area contributed by atoms with E-state index in [1.807, 2.05) is 26.8 Å². The van der Waals surface area contributed by atoms with Gasteiger partial charge in [-0.25, -0.2) is 9.97 Å². The fraction of sp³-hybridized carbons (Fsp3) is 0.324. The molecule has 0 aliphatic heterocycles. The molecular weight excluding hydrogens is 617 g/mol. The number of benzene rings is 1. The topological polar surface area (TPSA) is 121 Å². The molecule has 4 rings (SSSR count). The van der Waals surface area contributed by atoms with Gasteiger partial charge in [-0.15, -0.1) is 11.3 Å². The Hall–Kier alpha value is -4.58. The fourth-order valence-corrected chi connectivity index (χ4v) is 5.44. The summed E-state index contributed by atoms with van der Waals surface area (Å²) in [6, 6.07) is 8.53. The van der Waals surface area contributed by atoms with Gasteiger partial charge in [-0.3, -0.25) is 14.4 Å². The van der Waals surface area contributed by atoms with E-state index in [0.29, 0.717) is 27.4 Å². The Labute approximate surface area is 269 Å². The summed E-state index contributed by atoms with van der Waals surface area (Å²) in [7, 11) is 0. The number of carbonyl (C=O) groups is 3. The van der Waals surface area contributed by atoms with Crippen LogP contribution in [0.3, 0.4) is 0 Å². The van der Waals surface area contributed by atoms with Crippen LogP contribution in [-0.4, -0.2) is 51.1 Å². The lowest BCUT2D eigenvalue weighted by atomic mass is 9.95. The average Bonchev–Trinajstić information content (AvgIpc) is 3.52. The molecule has 12 heteroatoms. The van der Waals surface area contributed by atoms with Crippen LogP contribution in [0.1, 0.15) is 59.8 Å². The predicted molar refractivity (Wildman–Crippen MR) is 171 cm³/mol. The maximum atomic E-state index is 13.1. The molecule has 3 atom stereocenters. The van der Waals surface area contributed by atoms with Crippen molar-refractivity contribution in [2.24, 2.45) is 5.92 Å². The molecule has 2 amide bonds. The highest BCUT2D eigenvalue weighted by molar-refractivity contribution is 7.14. The highest BCUT2D eigenvalue weighted by Gasteiger charge is 2.37. The second kappa shape index (κ2) is 14.2. The molecule has 2 heterocycles. The van der Waals surface area contributed by atoms with Gasteiger partial charge in [0.05, 0.1) is 10.8 Å². The van der Waals surface area contributed by atoms with Crippen molar-refractivity contribution in [1.82, 2.24) is 20.6 Å². The van der Waals surface area contributed by atoms with Crippen molar-refractivity contribution >= 4 is 35.2 Å². The van der Waals surface area contributed by atoms with Gasteiger partial charge in [0.15, 0.2) is 5.82 Å². The first-order valence-electron chi connectivity index (χ1n) is 14.6. The largest absolute Gasteiger partial charge is 0.480 e. The fourth-order valence-electron chi connectivity index (χ4n) is 4.47. The number of aliphatic carboxylic acids is 1. The smallest absolute Gasteiger partial charge is 0.395 e. The Morgan fingerprint density at radius 2 is 1.70 bits per heavy atom. The van der Waals surface area contributed by atoms with E-state index in [9.17, 15) is 32.7 Å². The van der Waals surface area contributed by atoms with Crippen LogP contribution in [-0.2, 0) is 21.4 Å². The standard InChI is InChI=1S/C34H35F3N4O4S/c1-20(32(44)45)40-30(42)26(41-31(43)27-15-16-28(46-27)33(2,3)4)17-22-7-11-24(12-8-22)29-38-18-23(19-39-29)6-5-21-9-13-25(14-10-21)34(35,36)37/h5-13,15-16,18-20,25-26H,14,17H2,1-4H3,(H,40,42)(H,41,43)(H,44,45)/b6-5+/t20-,25?,26+/m1/s1. The number of hydrogen-bond donors (Lipinski definition) is 3. The quantitative estimate of drug-likeness (QED) is 0.230. The van der Waals surface area contributed by atoms with Crippen LogP contribution in [0.4, 0.5) is 13.2 Å². The first-order valence-corrected chi connectivity index (χ1v) is 15.4. The van der Waals surface area contributed by atoms with E-state index in [2.05, 4.69) is 20.6 Å². The zero-order valence-corrected chi connectivity index (χ0v) is 26.6. The number of alkyl halides is 3. The van der Waals surface area contributed by atoms with Crippen molar-refractivity contribution < 1.29 is 32.7 Å². The summed E-state index contributed by atoms with van der Waals surface area (Å²) >= 11 is 1.34. The van der Waals surface area contributed by atoms with E-state index < -0.39 is 42.0 Å². The Bertz CT molecular complexity index is 1650. The van der Waals surface area contributed by atoms with Gasteiger partial charge in [-0.05, 0) is 42.0 Å². The van der Waals surface area contributed by atoms with Crippen molar-refractivity contribution in [2.75, 3.05) is 0 Å². The van der Waals surface area contributed by atoms with Gasteiger partial charge in [-0.2, -0.15) is 13.2 Å². The van der Waals surface area contributed by atoms with Gasteiger partial charge >= 0.3 is 12.1 Å². The maximum absolute atomic E-state index is 13.1. The van der Waals surface area contributed by atoms with Crippen molar-refractivity contribution in [1.29, 1.82) is 0 Å². The zero-order chi connectivity index (χ0) is 33.6. The molecule has 3 aromatic rings. The summed E-state index contributed by atoms with van der Waals surface area (Å²) in [6.07, 6.45) is 6.56. The van der Waals surface area contributed by atoms with Crippen LogP contribution in [0.15, 0.2) is 78.7 Å². The van der Waals surface area contributed by atoms with Gasteiger partial charge in [0.1, 0.15) is 12.1 Å². The van der Waals surface area contributed by atoms with E-state index in [-0.39, 0.29) is 18.3 Å². The molecule has 0 saturated carbocycles. The number of allylic oxidation sites excluding steroid dienone is 5. The lowest BCUT2D eigenvalue weighted by Gasteiger charge is -2.20. The van der Waals surface area contributed by atoms with Crippen LogP contribution >= 0.6 is 11.3 Å². The van der Waals surface area contributed by atoms with E-state index in [1.165, 1.54) is 24.3 Å². The number of halogens is 3. The number of nitrogens with one attached hydrogen (secondary N) is 2. The number of thiophene rings is 1. The summed E-state index contributed by atoms with van der Waals surface area (Å²) in [5, 5.41) is 14.5. The minimum absolute atomic E-state index is 0.0999. The van der Waals surface area contributed by atoms with Crippen LogP contribution in [0.5, 0.6) is 0 Å². The first kappa shape index (κ1) is 34.3. The third kappa shape index (κ3) is 9.23. The molecule has 0 fully saturated rings. The molecular formula is C34H35F3N4O4S. The summed E-state index contributed by atoms with van der Waals surface area (Å²) in [6.45, 7) is 7.47. The molecule has 1 aromatic carbocycles. The number of nitrogens with zero attached hydrogens (tertiary/aromatic N) is 2. The molecule has 1 unspecified atom stereocenters. The third-order valence-electron chi connectivity index (χ3n) is 7.26. The van der Waals surface area contributed by atoms with Gasteiger partial charge < -0.3 is 15.7 Å². The molecule has 46 heavy (non-hydrogen) atoms. The Morgan fingerprint density at radius 3 is 2.24 bits per heavy atom. The third-order valence-corrected chi connectivity index (χ3v) is 8.77. The van der Waals surface area contributed by atoms with Crippen molar-refractivity contribution in [3.05, 3.63) is 99.6 Å². The van der Waals surface area contributed by atoms with Gasteiger partial charge in [0, 0.05) is 34.8 Å². The zero-order valence-electron chi connectivity index (χ0n) is 25.8. The Balaban J connectivity index is 1.43. The number of aromatic nitrogens is 2. The molecule has 8 nitrogen and oxygen atoms in total. The van der Waals surface area contributed by atoms with Crippen molar-refractivity contribution in [2.45, 2.75) is 64.2 Å². The van der Waals surface area contributed by atoms with E-state index in [1.54, 1.807) is 61.0 Å². The molecule has 0 bridgehead atoms. The molecule has 1 aliphatic rings. The molecule has 2 aromatic heterocycles. The Kier molecular flexibility index (Phi) is 10.6. The number of carbonyl (C=O) groups excluding carboxylic acids is 2. The molecule has 0 saturated heterocycles. The summed E-state index contributed by atoms with van der Waals surface area (Å²) < 4.78 is 38.5. The normalized spacial score (nSPS) is 16.5. The molecule has 1 aliphatic carbocycles. The van der Waals surface area contributed by atoms with E-state index in [0.717, 1.165) is 16.5 Å².